The summed E-state index contributed by atoms with van der Waals surface area (Å²) in [5.74, 6) is 1.91. The summed E-state index contributed by atoms with van der Waals surface area (Å²) in [5.41, 5.74) is 2.18. The van der Waals surface area contributed by atoms with Gasteiger partial charge in [0.25, 0.3) is 0 Å². The molecule has 0 saturated heterocycles. The maximum atomic E-state index is 12.7. The fraction of sp³-hybridized carbons (Fsp3) is 0.182. The predicted octanol–water partition coefficient (Wildman–Crippen LogP) is 4.53. The minimum atomic E-state index is -0.398. The second-order valence-electron chi connectivity index (χ2n) is 6.44. The van der Waals surface area contributed by atoms with Crippen molar-refractivity contribution < 1.29 is 14.3 Å². The van der Waals surface area contributed by atoms with Crippen molar-refractivity contribution in [2.45, 2.75) is 19.9 Å². The highest BCUT2D eigenvalue weighted by atomic mass is 16.5. The summed E-state index contributed by atoms with van der Waals surface area (Å²) >= 11 is 0. The van der Waals surface area contributed by atoms with E-state index >= 15 is 0 Å². The average Bonchev–Trinajstić information content (AvgIpc) is 3.16. The smallest absolute Gasteiger partial charge is 0.338 e. The molecule has 0 fully saturated rings. The van der Waals surface area contributed by atoms with Crippen LogP contribution in [0.25, 0.3) is 0 Å². The first kappa shape index (κ1) is 17.9. The molecule has 4 rings (SSSR count). The number of fused-ring (bicyclic) bond motifs is 1. The summed E-state index contributed by atoms with van der Waals surface area (Å²) in [6, 6.07) is 18.8. The second-order valence-corrected chi connectivity index (χ2v) is 6.44. The predicted molar refractivity (Wildman–Crippen MR) is 106 cm³/mol. The van der Waals surface area contributed by atoms with Crippen molar-refractivity contribution in [2.24, 2.45) is 0 Å². The number of para-hydroxylation sites is 1. The fourth-order valence-electron chi connectivity index (χ4n) is 3.36. The first-order chi connectivity index (χ1) is 13.7. The van der Waals surface area contributed by atoms with Crippen LogP contribution in [0, 0.1) is 0 Å². The Labute approximate surface area is 163 Å². The highest BCUT2D eigenvalue weighted by Gasteiger charge is 2.33. The Morgan fingerprint density at radius 2 is 1.89 bits per heavy atom. The zero-order chi connectivity index (χ0) is 19.5. The zero-order valence-corrected chi connectivity index (χ0v) is 15.8. The van der Waals surface area contributed by atoms with Crippen LogP contribution >= 0.6 is 0 Å². The van der Waals surface area contributed by atoms with Gasteiger partial charge in [0.2, 0.25) is 0 Å². The molecule has 1 aliphatic heterocycles. The van der Waals surface area contributed by atoms with E-state index in [0.29, 0.717) is 17.9 Å². The van der Waals surface area contributed by atoms with Crippen LogP contribution in [0.1, 0.15) is 25.5 Å². The Morgan fingerprint density at radius 1 is 1.11 bits per heavy atom. The molecule has 0 radical (unpaired) electrons. The normalized spacial score (nSPS) is 15.6. The molecular formula is C22H21N3O3. The Hall–Kier alpha value is -3.54. The van der Waals surface area contributed by atoms with E-state index < -0.39 is 6.04 Å². The maximum absolute atomic E-state index is 12.7. The number of carbonyl (C=O) groups excluding carboxylic acids is 1. The second kappa shape index (κ2) is 7.60. The van der Waals surface area contributed by atoms with Crippen LogP contribution in [0.3, 0.4) is 0 Å². The van der Waals surface area contributed by atoms with Crippen LogP contribution in [-0.4, -0.2) is 22.4 Å². The van der Waals surface area contributed by atoms with Crippen molar-refractivity contribution in [3.63, 3.8) is 0 Å². The summed E-state index contributed by atoms with van der Waals surface area (Å²) in [6.07, 6.45) is 1.71. The number of benzene rings is 2. The molecular weight excluding hydrogens is 354 g/mol. The summed E-state index contributed by atoms with van der Waals surface area (Å²) in [6.45, 7) is 3.98. The van der Waals surface area contributed by atoms with Gasteiger partial charge in [0.15, 0.2) is 0 Å². The third-order valence-corrected chi connectivity index (χ3v) is 4.56. The molecule has 1 aliphatic rings. The zero-order valence-electron chi connectivity index (χ0n) is 15.8. The van der Waals surface area contributed by atoms with E-state index in [0.717, 1.165) is 22.8 Å². The Balaban J connectivity index is 1.75. The average molecular weight is 375 g/mol. The molecule has 142 valence electrons. The van der Waals surface area contributed by atoms with Gasteiger partial charge in [-0.15, -0.1) is 0 Å². The molecule has 1 aromatic heterocycles. The maximum Gasteiger partial charge on any atom is 0.338 e. The van der Waals surface area contributed by atoms with Crippen LogP contribution in [0.4, 0.5) is 5.82 Å². The van der Waals surface area contributed by atoms with E-state index in [4.69, 9.17) is 9.47 Å². The number of nitrogens with zero attached hydrogens (tertiary/aromatic N) is 2. The topological polar surface area (TPSA) is 65.4 Å². The van der Waals surface area contributed by atoms with Gasteiger partial charge in [-0.2, -0.15) is 5.10 Å². The van der Waals surface area contributed by atoms with Gasteiger partial charge in [-0.05, 0) is 43.7 Å². The van der Waals surface area contributed by atoms with E-state index in [9.17, 15) is 4.79 Å². The first-order valence-electron chi connectivity index (χ1n) is 9.18. The lowest BCUT2D eigenvalue weighted by Crippen LogP contribution is -2.29. The SMILES string of the molecule is CCOC(=O)C1=C(C)Nc2ccnn2C1c1cccc(Oc2ccccc2)c1. The van der Waals surface area contributed by atoms with Crippen molar-refractivity contribution in [1.82, 2.24) is 9.78 Å². The Kier molecular flexibility index (Phi) is 4.85. The van der Waals surface area contributed by atoms with E-state index in [1.165, 1.54) is 0 Å². The molecule has 0 spiro atoms. The number of nitrogens with one attached hydrogen (secondary N) is 1. The largest absolute Gasteiger partial charge is 0.463 e. The highest BCUT2D eigenvalue weighted by Crippen LogP contribution is 2.37. The molecule has 3 aromatic rings. The summed E-state index contributed by atoms with van der Waals surface area (Å²) in [7, 11) is 0. The lowest BCUT2D eigenvalue weighted by atomic mass is 9.95. The number of esters is 1. The van der Waals surface area contributed by atoms with Crippen molar-refractivity contribution in [3.8, 4) is 11.5 Å². The molecule has 28 heavy (non-hydrogen) atoms. The number of ether oxygens (including phenoxy) is 2. The van der Waals surface area contributed by atoms with Crippen molar-refractivity contribution in [3.05, 3.63) is 83.7 Å². The molecule has 0 bridgehead atoms. The van der Waals surface area contributed by atoms with Gasteiger partial charge >= 0.3 is 5.97 Å². The van der Waals surface area contributed by atoms with Crippen molar-refractivity contribution >= 4 is 11.8 Å². The van der Waals surface area contributed by atoms with Crippen LogP contribution in [0.5, 0.6) is 11.5 Å². The third-order valence-electron chi connectivity index (χ3n) is 4.56. The lowest BCUT2D eigenvalue weighted by Gasteiger charge is -2.29. The molecule has 6 nitrogen and oxygen atoms in total. The number of carbonyl (C=O) groups is 1. The minimum Gasteiger partial charge on any atom is -0.463 e. The minimum absolute atomic E-state index is 0.311. The standard InChI is InChI=1S/C22H21N3O3/c1-3-27-22(26)20-15(2)24-19-12-13-23-25(19)21(20)16-8-7-11-18(14-16)28-17-9-5-4-6-10-17/h4-14,21,24H,3H2,1-2H3. The molecule has 2 heterocycles. The molecule has 1 N–H and O–H groups in total. The quantitative estimate of drug-likeness (QED) is 0.664. The molecule has 0 aliphatic carbocycles. The van der Waals surface area contributed by atoms with Gasteiger partial charge in [0.05, 0.1) is 18.4 Å². The monoisotopic (exact) mass is 375 g/mol. The van der Waals surface area contributed by atoms with Crippen molar-refractivity contribution in [1.29, 1.82) is 0 Å². The molecule has 2 aromatic carbocycles. The summed E-state index contributed by atoms with van der Waals surface area (Å²) < 4.78 is 13.1. The number of hydrogen-bond donors (Lipinski definition) is 1. The van der Waals surface area contributed by atoms with Crippen LogP contribution < -0.4 is 10.1 Å². The van der Waals surface area contributed by atoms with Gasteiger partial charge in [-0.1, -0.05) is 30.3 Å². The number of rotatable bonds is 5. The van der Waals surface area contributed by atoms with Crippen molar-refractivity contribution in [2.75, 3.05) is 11.9 Å². The van der Waals surface area contributed by atoms with Gasteiger partial charge < -0.3 is 14.8 Å². The van der Waals surface area contributed by atoms with Gasteiger partial charge in [-0.3, -0.25) is 0 Å². The molecule has 0 amide bonds. The summed E-state index contributed by atoms with van der Waals surface area (Å²) in [5, 5.41) is 7.66. The van der Waals surface area contributed by atoms with Gasteiger partial charge in [-0.25, -0.2) is 9.48 Å². The number of allylic oxidation sites excluding steroid dienone is 1. The van der Waals surface area contributed by atoms with Crippen LogP contribution in [0.15, 0.2) is 78.1 Å². The van der Waals surface area contributed by atoms with Crippen LogP contribution in [0.2, 0.25) is 0 Å². The number of hydrogen-bond acceptors (Lipinski definition) is 5. The van der Waals surface area contributed by atoms with E-state index in [1.807, 2.05) is 67.6 Å². The molecule has 0 saturated carbocycles. The number of aromatic nitrogens is 2. The molecule has 1 atom stereocenters. The Morgan fingerprint density at radius 3 is 2.68 bits per heavy atom. The van der Waals surface area contributed by atoms with Gasteiger partial charge in [0.1, 0.15) is 23.4 Å². The number of anilines is 1. The third kappa shape index (κ3) is 3.36. The van der Waals surface area contributed by atoms with E-state index in [-0.39, 0.29) is 5.97 Å². The summed E-state index contributed by atoms with van der Waals surface area (Å²) in [4.78, 5) is 12.7. The van der Waals surface area contributed by atoms with E-state index in [2.05, 4.69) is 10.4 Å². The fourth-order valence-corrected chi connectivity index (χ4v) is 3.36. The molecule has 6 heteroatoms. The van der Waals surface area contributed by atoms with Gasteiger partial charge in [0, 0.05) is 11.8 Å². The first-order valence-corrected chi connectivity index (χ1v) is 9.18. The highest BCUT2D eigenvalue weighted by molar-refractivity contribution is 5.92. The molecule has 1 unspecified atom stereocenters. The van der Waals surface area contributed by atoms with Crippen LogP contribution in [-0.2, 0) is 9.53 Å². The Bertz CT molecular complexity index is 1020. The van der Waals surface area contributed by atoms with E-state index in [1.54, 1.807) is 17.8 Å². The lowest BCUT2D eigenvalue weighted by molar-refractivity contribution is -0.139.